The summed E-state index contributed by atoms with van der Waals surface area (Å²) in [6, 6.07) is 9.12. The van der Waals surface area contributed by atoms with Crippen molar-refractivity contribution in [3.8, 4) is 22.6 Å². The van der Waals surface area contributed by atoms with Crippen molar-refractivity contribution in [1.29, 1.82) is 0 Å². The molecular weight excluding hydrogens is 301 g/mol. The van der Waals surface area contributed by atoms with Crippen molar-refractivity contribution in [3.05, 3.63) is 48.0 Å². The second kappa shape index (κ2) is 5.97. The Morgan fingerprint density at radius 1 is 1.14 bits per heavy atom. The number of carbonyl (C=O) groups is 1. The highest BCUT2D eigenvalue weighted by Crippen LogP contribution is 2.35. The number of benzene rings is 2. The van der Waals surface area contributed by atoms with Gasteiger partial charge in [0.2, 0.25) is 0 Å². The van der Waals surface area contributed by atoms with Crippen LogP contribution in [0.4, 0.5) is 13.2 Å². The number of halogens is 3. The van der Waals surface area contributed by atoms with E-state index in [4.69, 9.17) is 0 Å². The van der Waals surface area contributed by atoms with Gasteiger partial charge in [0.15, 0.2) is 0 Å². The molecule has 0 heterocycles. The van der Waals surface area contributed by atoms with Gasteiger partial charge >= 0.3 is 12.3 Å². The maximum atomic E-state index is 12.4. The molecule has 0 unspecified atom stereocenters. The van der Waals surface area contributed by atoms with Crippen LogP contribution >= 0.6 is 0 Å². The molecule has 2 aromatic carbocycles. The van der Waals surface area contributed by atoms with Crippen molar-refractivity contribution < 1.29 is 32.5 Å². The topological polar surface area (TPSA) is 55.8 Å². The van der Waals surface area contributed by atoms with E-state index in [1.165, 1.54) is 30.3 Å². The van der Waals surface area contributed by atoms with Crippen molar-refractivity contribution in [2.75, 3.05) is 7.11 Å². The summed E-state index contributed by atoms with van der Waals surface area (Å²) in [5.41, 5.74) is 0.292. The van der Waals surface area contributed by atoms with Crippen LogP contribution < -0.4 is 4.74 Å². The third kappa shape index (κ3) is 3.69. The normalized spacial score (nSPS) is 11.1. The van der Waals surface area contributed by atoms with Crippen LogP contribution in [0.3, 0.4) is 0 Å². The molecule has 116 valence electrons. The number of phenols is 1. The second-order valence-electron chi connectivity index (χ2n) is 4.30. The predicted molar refractivity (Wildman–Crippen MR) is 71.6 cm³/mol. The maximum Gasteiger partial charge on any atom is 0.573 e. The van der Waals surface area contributed by atoms with Crippen molar-refractivity contribution in [2.45, 2.75) is 6.36 Å². The van der Waals surface area contributed by atoms with E-state index in [9.17, 15) is 23.1 Å². The number of hydrogen-bond donors (Lipinski definition) is 1. The van der Waals surface area contributed by atoms with Crippen LogP contribution in [0.2, 0.25) is 0 Å². The van der Waals surface area contributed by atoms with Gasteiger partial charge in [0, 0.05) is 5.56 Å². The number of aromatic hydroxyl groups is 1. The van der Waals surface area contributed by atoms with Crippen LogP contribution in [-0.2, 0) is 4.74 Å². The van der Waals surface area contributed by atoms with E-state index in [1.807, 2.05) is 0 Å². The average Bonchev–Trinajstić information content (AvgIpc) is 2.44. The number of para-hydroxylation sites is 1. The Labute approximate surface area is 123 Å². The first-order valence-corrected chi connectivity index (χ1v) is 6.07. The standard InChI is InChI=1S/C15H11F3O4/c1-21-14(20)10-6-9(7-11(19)8-10)12-4-2-3-5-13(12)22-15(16,17)18/h2-8,19H,1H3. The molecule has 0 aliphatic heterocycles. The smallest absolute Gasteiger partial charge is 0.508 e. The zero-order valence-electron chi connectivity index (χ0n) is 11.3. The number of carbonyl (C=O) groups excluding carboxylic acids is 1. The van der Waals surface area contributed by atoms with Gasteiger partial charge in [0.05, 0.1) is 12.7 Å². The highest BCUT2D eigenvalue weighted by Gasteiger charge is 2.32. The van der Waals surface area contributed by atoms with Crippen molar-refractivity contribution in [2.24, 2.45) is 0 Å². The Kier molecular flexibility index (Phi) is 4.25. The molecule has 7 heteroatoms. The van der Waals surface area contributed by atoms with Gasteiger partial charge < -0.3 is 14.6 Å². The van der Waals surface area contributed by atoms with E-state index < -0.39 is 18.1 Å². The lowest BCUT2D eigenvalue weighted by molar-refractivity contribution is -0.274. The minimum absolute atomic E-state index is 0.0133. The van der Waals surface area contributed by atoms with Crippen molar-refractivity contribution >= 4 is 5.97 Å². The maximum absolute atomic E-state index is 12.4. The van der Waals surface area contributed by atoms with Crippen LogP contribution in [0.25, 0.3) is 11.1 Å². The van der Waals surface area contributed by atoms with E-state index in [-0.39, 0.29) is 22.4 Å². The van der Waals surface area contributed by atoms with Crippen LogP contribution in [-0.4, -0.2) is 24.5 Å². The minimum Gasteiger partial charge on any atom is -0.508 e. The lowest BCUT2D eigenvalue weighted by atomic mass is 10.0. The van der Waals surface area contributed by atoms with E-state index in [1.54, 1.807) is 0 Å². The quantitative estimate of drug-likeness (QED) is 0.877. The van der Waals surface area contributed by atoms with Gasteiger partial charge in [-0.25, -0.2) is 4.79 Å². The highest BCUT2D eigenvalue weighted by atomic mass is 19.4. The Balaban J connectivity index is 2.52. The zero-order chi connectivity index (χ0) is 16.3. The van der Waals surface area contributed by atoms with Gasteiger partial charge in [-0.3, -0.25) is 0 Å². The van der Waals surface area contributed by atoms with Crippen LogP contribution in [0.1, 0.15) is 10.4 Å². The van der Waals surface area contributed by atoms with Crippen LogP contribution in [0, 0.1) is 0 Å². The summed E-state index contributed by atoms with van der Waals surface area (Å²) in [6.45, 7) is 0. The number of ether oxygens (including phenoxy) is 2. The molecule has 0 spiro atoms. The SMILES string of the molecule is COC(=O)c1cc(O)cc(-c2ccccc2OC(F)(F)F)c1. The predicted octanol–water partition coefficient (Wildman–Crippen LogP) is 3.74. The third-order valence-electron chi connectivity index (χ3n) is 2.76. The lowest BCUT2D eigenvalue weighted by Crippen LogP contribution is -2.17. The molecule has 1 N–H and O–H groups in total. The Bertz CT molecular complexity index is 695. The highest BCUT2D eigenvalue weighted by molar-refractivity contribution is 5.92. The minimum atomic E-state index is -4.85. The molecule has 0 atom stereocenters. The lowest BCUT2D eigenvalue weighted by Gasteiger charge is -2.14. The number of esters is 1. The number of phenolic OH excluding ortho intramolecular Hbond substituents is 1. The van der Waals surface area contributed by atoms with Crippen molar-refractivity contribution in [1.82, 2.24) is 0 Å². The summed E-state index contributed by atoms with van der Waals surface area (Å²) in [5.74, 6) is -1.43. The molecule has 0 bridgehead atoms. The van der Waals surface area contributed by atoms with E-state index in [2.05, 4.69) is 9.47 Å². The largest absolute Gasteiger partial charge is 0.573 e. The average molecular weight is 312 g/mol. The summed E-state index contributed by atoms with van der Waals surface area (Å²) >= 11 is 0. The van der Waals surface area contributed by atoms with Gasteiger partial charge in [-0.2, -0.15) is 0 Å². The summed E-state index contributed by atoms with van der Waals surface area (Å²) in [6.07, 6.45) is -4.85. The van der Waals surface area contributed by atoms with Gasteiger partial charge in [-0.15, -0.1) is 13.2 Å². The summed E-state index contributed by atoms with van der Waals surface area (Å²) in [4.78, 5) is 11.5. The van der Waals surface area contributed by atoms with E-state index in [0.717, 1.165) is 19.2 Å². The second-order valence-corrected chi connectivity index (χ2v) is 4.30. The molecule has 0 aliphatic rings. The fourth-order valence-electron chi connectivity index (χ4n) is 1.92. The molecule has 0 aromatic heterocycles. The van der Waals surface area contributed by atoms with Crippen LogP contribution in [0.5, 0.6) is 11.5 Å². The number of alkyl halides is 3. The molecule has 2 rings (SSSR count). The van der Waals surface area contributed by atoms with Crippen molar-refractivity contribution in [3.63, 3.8) is 0 Å². The first kappa shape index (κ1) is 15.7. The fraction of sp³-hybridized carbons (Fsp3) is 0.133. The number of methoxy groups -OCH3 is 1. The molecule has 22 heavy (non-hydrogen) atoms. The third-order valence-corrected chi connectivity index (χ3v) is 2.76. The molecule has 0 saturated carbocycles. The molecule has 0 fully saturated rings. The summed E-state index contributed by atoms with van der Waals surface area (Å²) in [5, 5.41) is 9.65. The molecular formula is C15H11F3O4. The van der Waals surface area contributed by atoms with E-state index in [0.29, 0.717) is 0 Å². The number of hydrogen-bond acceptors (Lipinski definition) is 4. The first-order chi connectivity index (χ1) is 10.3. The number of rotatable bonds is 3. The molecule has 2 aromatic rings. The monoisotopic (exact) mass is 312 g/mol. The summed E-state index contributed by atoms with van der Waals surface area (Å²) < 4.78 is 45.8. The van der Waals surface area contributed by atoms with Gasteiger partial charge in [-0.1, -0.05) is 18.2 Å². The fourth-order valence-corrected chi connectivity index (χ4v) is 1.92. The molecule has 0 amide bonds. The Morgan fingerprint density at radius 3 is 2.45 bits per heavy atom. The molecule has 0 aliphatic carbocycles. The van der Waals surface area contributed by atoms with Gasteiger partial charge in [0.1, 0.15) is 11.5 Å². The Hall–Kier alpha value is -2.70. The Morgan fingerprint density at radius 2 is 1.82 bits per heavy atom. The zero-order valence-corrected chi connectivity index (χ0v) is 11.3. The molecule has 4 nitrogen and oxygen atoms in total. The van der Waals surface area contributed by atoms with E-state index >= 15 is 0 Å². The summed E-state index contributed by atoms with van der Waals surface area (Å²) in [7, 11) is 1.16. The van der Waals surface area contributed by atoms with Gasteiger partial charge in [0.25, 0.3) is 0 Å². The van der Waals surface area contributed by atoms with Crippen LogP contribution in [0.15, 0.2) is 42.5 Å². The first-order valence-electron chi connectivity index (χ1n) is 6.07. The molecule has 0 radical (unpaired) electrons. The van der Waals surface area contributed by atoms with Gasteiger partial charge in [-0.05, 0) is 29.8 Å². The molecule has 0 saturated heterocycles.